The van der Waals surface area contributed by atoms with Crippen molar-refractivity contribution in [3.05, 3.63) is 46.4 Å². The molecule has 2 heterocycles. The van der Waals surface area contributed by atoms with Crippen LogP contribution >= 0.6 is 23.2 Å². The molecular weight excluding hydrogens is 391 g/mol. The van der Waals surface area contributed by atoms with Crippen molar-refractivity contribution in [3.8, 4) is 22.9 Å². The molecule has 0 atom stereocenters. The summed E-state index contributed by atoms with van der Waals surface area (Å²) in [5.74, 6) is 1.06. The molecule has 1 aliphatic rings. The Morgan fingerprint density at radius 3 is 2.64 bits per heavy atom. The van der Waals surface area contributed by atoms with E-state index in [2.05, 4.69) is 15.5 Å². The van der Waals surface area contributed by atoms with Gasteiger partial charge in [-0.25, -0.2) is 0 Å². The molecule has 0 spiro atoms. The van der Waals surface area contributed by atoms with Gasteiger partial charge in [-0.05, 0) is 46.8 Å². The zero-order valence-electron chi connectivity index (χ0n) is 12.3. The summed E-state index contributed by atoms with van der Waals surface area (Å²) in [6.07, 6.45) is 0. The van der Waals surface area contributed by atoms with Gasteiger partial charge < -0.3 is 9.47 Å². The van der Waals surface area contributed by atoms with Crippen LogP contribution in [-0.4, -0.2) is 34.8 Å². The number of ether oxygens (including phenoxy) is 2. The molecule has 1 aromatic heterocycles. The first-order valence-electron chi connectivity index (χ1n) is 6.86. The van der Waals surface area contributed by atoms with Gasteiger partial charge >= 0.3 is 0 Å². The minimum Gasteiger partial charge on any atom is -0.454 e. The molecule has 0 aliphatic carbocycles. The fourth-order valence-corrected chi connectivity index (χ4v) is 4.25. The topological polar surface area (TPSA) is 96.2 Å². The van der Waals surface area contributed by atoms with Crippen molar-refractivity contribution in [2.45, 2.75) is 4.90 Å². The Balaban J connectivity index is 1.84. The van der Waals surface area contributed by atoms with E-state index in [4.69, 9.17) is 32.7 Å². The molecule has 128 valence electrons. The number of halogens is 2. The van der Waals surface area contributed by atoms with Crippen molar-refractivity contribution < 1.29 is 17.9 Å². The van der Waals surface area contributed by atoms with Crippen molar-refractivity contribution in [2.24, 2.45) is 0 Å². The maximum absolute atomic E-state index is 12.9. The molecule has 0 bridgehead atoms. The molecule has 0 fully saturated rings. The van der Waals surface area contributed by atoms with Gasteiger partial charge in [0.05, 0.1) is 5.02 Å². The second kappa shape index (κ2) is 5.87. The molecule has 0 saturated heterocycles. The third kappa shape index (κ3) is 2.70. The number of nitrogens with zero attached hydrogens (tertiary/aromatic N) is 4. The molecule has 0 amide bonds. The maximum Gasteiger partial charge on any atom is 0.287 e. The molecule has 0 N–H and O–H groups in total. The first kappa shape index (κ1) is 16.1. The molecular formula is C14H8Cl2N4O4S. The monoisotopic (exact) mass is 398 g/mol. The normalized spacial score (nSPS) is 13.2. The summed E-state index contributed by atoms with van der Waals surface area (Å²) in [5.41, 5.74) is 0.447. The summed E-state index contributed by atoms with van der Waals surface area (Å²) < 4.78 is 37.0. The van der Waals surface area contributed by atoms with Gasteiger partial charge in [0.25, 0.3) is 10.0 Å². The SMILES string of the molecule is O=S(=O)(c1ccc(Cl)cc1Cl)n1nnnc1-c1ccc2c(c1)OCO2. The van der Waals surface area contributed by atoms with Gasteiger partial charge in [-0.1, -0.05) is 23.2 Å². The van der Waals surface area contributed by atoms with Gasteiger partial charge in [-0.3, -0.25) is 0 Å². The Labute approximate surface area is 151 Å². The second-order valence-corrected chi connectivity index (χ2v) is 7.57. The molecule has 4 rings (SSSR count). The lowest BCUT2D eigenvalue weighted by molar-refractivity contribution is 0.174. The Morgan fingerprint density at radius 2 is 1.84 bits per heavy atom. The molecule has 8 nitrogen and oxygen atoms in total. The molecule has 3 aromatic rings. The first-order valence-corrected chi connectivity index (χ1v) is 9.05. The summed E-state index contributed by atoms with van der Waals surface area (Å²) in [4.78, 5) is -0.159. The standard InChI is InChI=1S/C14H8Cl2N4O4S/c15-9-2-4-13(10(16)6-9)25(21,22)20-14(17-18-19-20)8-1-3-11-12(5-8)24-7-23-11/h1-6H,7H2. The van der Waals surface area contributed by atoms with E-state index in [1.165, 1.54) is 18.2 Å². The number of benzene rings is 2. The fourth-order valence-electron chi connectivity index (χ4n) is 2.32. The van der Waals surface area contributed by atoms with Crippen LogP contribution in [0.1, 0.15) is 0 Å². The van der Waals surface area contributed by atoms with Crippen LogP contribution in [0.5, 0.6) is 11.5 Å². The van der Waals surface area contributed by atoms with Gasteiger partial charge in [0, 0.05) is 10.6 Å². The van der Waals surface area contributed by atoms with Crippen LogP contribution in [0, 0.1) is 0 Å². The van der Waals surface area contributed by atoms with Crippen molar-refractivity contribution in [1.29, 1.82) is 0 Å². The van der Waals surface area contributed by atoms with E-state index in [-0.39, 0.29) is 22.5 Å². The van der Waals surface area contributed by atoms with Crippen LogP contribution in [0.25, 0.3) is 11.4 Å². The lowest BCUT2D eigenvalue weighted by Crippen LogP contribution is -2.16. The van der Waals surface area contributed by atoms with Crippen LogP contribution < -0.4 is 9.47 Å². The smallest absolute Gasteiger partial charge is 0.287 e. The lowest BCUT2D eigenvalue weighted by atomic mass is 10.2. The zero-order valence-corrected chi connectivity index (χ0v) is 14.6. The number of aromatic nitrogens is 4. The minimum atomic E-state index is -4.12. The molecule has 11 heteroatoms. The number of hydrogen-bond acceptors (Lipinski definition) is 7. The summed E-state index contributed by atoms with van der Waals surface area (Å²) in [6, 6.07) is 8.94. The van der Waals surface area contributed by atoms with Gasteiger partial charge in [-0.2, -0.15) is 8.42 Å². The van der Waals surface area contributed by atoms with Crippen molar-refractivity contribution in [2.75, 3.05) is 6.79 Å². The van der Waals surface area contributed by atoms with E-state index in [0.29, 0.717) is 26.2 Å². The van der Waals surface area contributed by atoms with Crippen molar-refractivity contribution in [3.63, 3.8) is 0 Å². The van der Waals surface area contributed by atoms with Gasteiger partial charge in [-0.15, -0.1) is 9.19 Å². The van der Waals surface area contributed by atoms with E-state index in [1.54, 1.807) is 18.2 Å². The van der Waals surface area contributed by atoms with Crippen LogP contribution in [-0.2, 0) is 10.0 Å². The third-order valence-electron chi connectivity index (χ3n) is 3.47. The summed E-state index contributed by atoms with van der Waals surface area (Å²) in [5, 5.41) is 11.2. The maximum atomic E-state index is 12.9. The Morgan fingerprint density at radius 1 is 1.04 bits per heavy atom. The van der Waals surface area contributed by atoms with Gasteiger partial charge in [0.2, 0.25) is 6.79 Å². The van der Waals surface area contributed by atoms with Crippen molar-refractivity contribution >= 4 is 33.2 Å². The summed E-state index contributed by atoms with van der Waals surface area (Å²) in [6.45, 7) is 0.0996. The molecule has 1 aliphatic heterocycles. The first-order chi connectivity index (χ1) is 12.0. The predicted molar refractivity (Wildman–Crippen MR) is 88.4 cm³/mol. The quantitative estimate of drug-likeness (QED) is 0.668. The number of fused-ring (bicyclic) bond motifs is 1. The van der Waals surface area contributed by atoms with E-state index in [1.807, 2.05) is 0 Å². The van der Waals surface area contributed by atoms with E-state index < -0.39 is 10.0 Å². The highest BCUT2D eigenvalue weighted by Gasteiger charge is 2.27. The molecule has 0 radical (unpaired) electrons. The minimum absolute atomic E-state index is 0.0179. The molecule has 0 unspecified atom stereocenters. The Kier molecular flexibility index (Phi) is 3.78. The summed E-state index contributed by atoms with van der Waals surface area (Å²) in [7, 11) is -4.12. The van der Waals surface area contributed by atoms with Gasteiger partial charge in [0.15, 0.2) is 17.3 Å². The third-order valence-corrected chi connectivity index (χ3v) is 5.75. The Bertz CT molecular complexity index is 1080. The zero-order chi connectivity index (χ0) is 17.6. The summed E-state index contributed by atoms with van der Waals surface area (Å²) >= 11 is 11.8. The highest BCUT2D eigenvalue weighted by Crippen LogP contribution is 2.36. The van der Waals surface area contributed by atoms with E-state index in [0.717, 1.165) is 0 Å². The number of hydrogen-bond donors (Lipinski definition) is 0. The predicted octanol–water partition coefficient (Wildman–Crippen LogP) is 2.61. The molecule has 25 heavy (non-hydrogen) atoms. The van der Waals surface area contributed by atoms with Crippen LogP contribution in [0.3, 0.4) is 0 Å². The molecule has 0 saturated carbocycles. The highest BCUT2D eigenvalue weighted by molar-refractivity contribution is 7.90. The average Bonchev–Trinajstić information content (AvgIpc) is 3.23. The largest absolute Gasteiger partial charge is 0.454 e. The van der Waals surface area contributed by atoms with E-state index in [9.17, 15) is 8.42 Å². The van der Waals surface area contributed by atoms with Gasteiger partial charge in [0.1, 0.15) is 4.90 Å². The van der Waals surface area contributed by atoms with Crippen LogP contribution in [0.4, 0.5) is 0 Å². The highest BCUT2D eigenvalue weighted by atomic mass is 35.5. The van der Waals surface area contributed by atoms with Crippen LogP contribution in [0.15, 0.2) is 41.3 Å². The van der Waals surface area contributed by atoms with Crippen LogP contribution in [0.2, 0.25) is 10.0 Å². The molecule has 2 aromatic carbocycles. The number of rotatable bonds is 3. The number of tetrazole rings is 1. The Hall–Kier alpha value is -2.36. The average molecular weight is 399 g/mol. The second-order valence-electron chi connectivity index (χ2n) is 4.99. The lowest BCUT2D eigenvalue weighted by Gasteiger charge is -2.08. The fraction of sp³-hybridized carbons (Fsp3) is 0.0714. The van der Waals surface area contributed by atoms with E-state index >= 15 is 0 Å². The van der Waals surface area contributed by atoms with Crippen molar-refractivity contribution in [1.82, 2.24) is 19.6 Å².